The first-order chi connectivity index (χ1) is 9.95. The zero-order chi connectivity index (χ0) is 15.0. The summed E-state index contributed by atoms with van der Waals surface area (Å²) in [5.74, 6) is 0. The van der Waals surface area contributed by atoms with Gasteiger partial charge in [-0.25, -0.2) is 13.4 Å². The lowest BCUT2D eigenvalue weighted by Crippen LogP contribution is -2.14. The number of hydrogen-bond acceptors (Lipinski definition) is 3. The molecule has 7 heteroatoms. The smallest absolute Gasteiger partial charge is 0.264 e. The van der Waals surface area contributed by atoms with E-state index in [0.29, 0.717) is 5.69 Å². The van der Waals surface area contributed by atoms with E-state index in [1.165, 1.54) is 23.3 Å². The van der Waals surface area contributed by atoms with Crippen LogP contribution in [0, 0.1) is 0 Å². The summed E-state index contributed by atoms with van der Waals surface area (Å²) in [5, 5.41) is 0.00707. The summed E-state index contributed by atoms with van der Waals surface area (Å²) in [6, 6.07) is 8.33. The first-order valence-corrected chi connectivity index (χ1v) is 8.66. The fourth-order valence-corrected chi connectivity index (χ4v) is 4.16. The SMILES string of the molecule is O=S(=O)(Nc1ccc2c(c1)CCC2)c1ccc(Cl)nc1Cl. The number of aromatic nitrogens is 1. The summed E-state index contributed by atoms with van der Waals surface area (Å²) in [5.41, 5.74) is 3.00. The second-order valence-corrected chi connectivity index (χ2v) is 7.26. The highest BCUT2D eigenvalue weighted by Gasteiger charge is 2.20. The maximum atomic E-state index is 12.4. The highest BCUT2D eigenvalue weighted by molar-refractivity contribution is 7.92. The number of sulfonamides is 1. The Bertz CT molecular complexity index is 807. The average molecular weight is 343 g/mol. The van der Waals surface area contributed by atoms with Crippen LogP contribution in [-0.2, 0) is 22.9 Å². The molecule has 1 aromatic heterocycles. The molecule has 4 nitrogen and oxygen atoms in total. The molecular weight excluding hydrogens is 331 g/mol. The molecule has 0 radical (unpaired) electrons. The maximum Gasteiger partial charge on any atom is 0.264 e. The van der Waals surface area contributed by atoms with Gasteiger partial charge >= 0.3 is 0 Å². The lowest BCUT2D eigenvalue weighted by molar-refractivity contribution is 0.601. The van der Waals surface area contributed by atoms with Crippen LogP contribution >= 0.6 is 23.2 Å². The predicted octanol–water partition coefficient (Wildman–Crippen LogP) is 3.68. The summed E-state index contributed by atoms with van der Waals surface area (Å²) < 4.78 is 27.2. The molecule has 1 aliphatic rings. The molecule has 0 bridgehead atoms. The van der Waals surface area contributed by atoms with Crippen LogP contribution in [0.4, 0.5) is 5.69 Å². The second-order valence-electron chi connectivity index (χ2n) is 4.87. The van der Waals surface area contributed by atoms with Gasteiger partial charge in [-0.3, -0.25) is 4.72 Å². The quantitative estimate of drug-likeness (QED) is 0.865. The Balaban J connectivity index is 1.92. The van der Waals surface area contributed by atoms with E-state index in [4.69, 9.17) is 23.2 Å². The van der Waals surface area contributed by atoms with E-state index in [0.717, 1.165) is 19.3 Å². The number of fused-ring (bicyclic) bond motifs is 1. The molecule has 0 fully saturated rings. The number of benzene rings is 1. The van der Waals surface area contributed by atoms with E-state index in [9.17, 15) is 8.42 Å². The van der Waals surface area contributed by atoms with E-state index in [2.05, 4.69) is 9.71 Å². The summed E-state index contributed by atoms with van der Waals surface area (Å²) >= 11 is 11.5. The molecule has 0 unspecified atom stereocenters. The van der Waals surface area contributed by atoms with Crippen molar-refractivity contribution in [2.24, 2.45) is 0 Å². The van der Waals surface area contributed by atoms with Gasteiger partial charge in [-0.2, -0.15) is 0 Å². The molecule has 0 aliphatic heterocycles. The minimum absolute atomic E-state index is 0.0888. The van der Waals surface area contributed by atoms with Gasteiger partial charge < -0.3 is 0 Å². The number of hydrogen-bond donors (Lipinski definition) is 1. The minimum atomic E-state index is -3.78. The van der Waals surface area contributed by atoms with E-state index >= 15 is 0 Å². The highest BCUT2D eigenvalue weighted by Crippen LogP contribution is 2.28. The van der Waals surface area contributed by atoms with Crippen molar-refractivity contribution in [3.05, 3.63) is 51.8 Å². The average Bonchev–Trinajstić information content (AvgIpc) is 2.85. The van der Waals surface area contributed by atoms with Crippen LogP contribution in [0.25, 0.3) is 0 Å². The van der Waals surface area contributed by atoms with E-state index < -0.39 is 10.0 Å². The summed E-state index contributed by atoms with van der Waals surface area (Å²) in [6.07, 6.45) is 3.14. The summed E-state index contributed by atoms with van der Waals surface area (Å²) in [7, 11) is -3.78. The molecule has 0 spiro atoms. The lowest BCUT2D eigenvalue weighted by Gasteiger charge is -2.10. The Labute approximate surface area is 133 Å². The Morgan fingerprint density at radius 3 is 2.57 bits per heavy atom. The summed E-state index contributed by atoms with van der Waals surface area (Å²) in [6.45, 7) is 0. The van der Waals surface area contributed by atoms with Gasteiger partial charge in [-0.05, 0) is 54.7 Å². The summed E-state index contributed by atoms with van der Waals surface area (Å²) in [4.78, 5) is 3.66. The molecule has 1 aromatic carbocycles. The van der Waals surface area contributed by atoms with Gasteiger partial charge in [-0.1, -0.05) is 29.3 Å². The third kappa shape index (κ3) is 3.00. The number of aryl methyl sites for hydroxylation is 2. The van der Waals surface area contributed by atoms with Gasteiger partial charge in [0.05, 0.1) is 0 Å². The minimum Gasteiger partial charge on any atom is -0.280 e. The zero-order valence-corrected chi connectivity index (χ0v) is 13.3. The first kappa shape index (κ1) is 14.6. The van der Waals surface area contributed by atoms with Crippen LogP contribution < -0.4 is 4.72 Å². The topological polar surface area (TPSA) is 59.1 Å². The van der Waals surface area contributed by atoms with Gasteiger partial charge in [-0.15, -0.1) is 0 Å². The molecule has 0 saturated heterocycles. The highest BCUT2D eigenvalue weighted by atomic mass is 35.5. The van der Waals surface area contributed by atoms with Crippen molar-refractivity contribution in [3.63, 3.8) is 0 Å². The van der Waals surface area contributed by atoms with Crippen LogP contribution in [0.15, 0.2) is 35.2 Å². The largest absolute Gasteiger partial charge is 0.280 e. The first-order valence-electron chi connectivity index (χ1n) is 6.42. The number of halogens is 2. The molecule has 3 rings (SSSR count). The maximum absolute atomic E-state index is 12.4. The van der Waals surface area contributed by atoms with Crippen molar-refractivity contribution in [2.45, 2.75) is 24.2 Å². The zero-order valence-electron chi connectivity index (χ0n) is 10.9. The van der Waals surface area contributed by atoms with Crippen LogP contribution in [0.3, 0.4) is 0 Å². The third-order valence-electron chi connectivity index (χ3n) is 3.42. The standard InChI is InChI=1S/C14H12Cl2N2O2S/c15-13-7-6-12(14(16)17-13)21(19,20)18-11-5-4-9-2-1-3-10(9)8-11/h4-8,18H,1-3H2. The van der Waals surface area contributed by atoms with Crippen LogP contribution in [0.1, 0.15) is 17.5 Å². The fourth-order valence-electron chi connectivity index (χ4n) is 2.45. The number of rotatable bonds is 3. The third-order valence-corrected chi connectivity index (χ3v) is 5.44. The molecule has 1 N–H and O–H groups in total. The van der Waals surface area contributed by atoms with Gasteiger partial charge in [0.1, 0.15) is 10.0 Å². The van der Waals surface area contributed by atoms with Crippen LogP contribution in [0.5, 0.6) is 0 Å². The Hall–Kier alpha value is -1.30. The van der Waals surface area contributed by atoms with Gasteiger partial charge in [0.25, 0.3) is 10.0 Å². The number of pyridine rings is 1. The van der Waals surface area contributed by atoms with Crippen molar-refractivity contribution in [3.8, 4) is 0 Å². The van der Waals surface area contributed by atoms with E-state index in [-0.39, 0.29) is 15.2 Å². The molecule has 0 saturated carbocycles. The molecule has 110 valence electrons. The molecule has 1 aliphatic carbocycles. The monoisotopic (exact) mass is 342 g/mol. The van der Waals surface area contributed by atoms with Crippen molar-refractivity contribution >= 4 is 38.9 Å². The lowest BCUT2D eigenvalue weighted by atomic mass is 10.1. The van der Waals surface area contributed by atoms with Crippen LogP contribution in [0.2, 0.25) is 10.3 Å². The normalized spacial score (nSPS) is 14.0. The van der Waals surface area contributed by atoms with Crippen molar-refractivity contribution in [2.75, 3.05) is 4.72 Å². The molecule has 0 amide bonds. The molecule has 1 heterocycles. The van der Waals surface area contributed by atoms with E-state index in [1.807, 2.05) is 12.1 Å². The predicted molar refractivity (Wildman–Crippen MR) is 83.5 cm³/mol. The fraction of sp³-hybridized carbons (Fsp3) is 0.214. The number of nitrogens with zero attached hydrogens (tertiary/aromatic N) is 1. The molecule has 21 heavy (non-hydrogen) atoms. The Kier molecular flexibility index (Phi) is 3.82. The Morgan fingerprint density at radius 2 is 1.81 bits per heavy atom. The molecular formula is C14H12Cl2N2O2S. The van der Waals surface area contributed by atoms with E-state index in [1.54, 1.807) is 6.07 Å². The van der Waals surface area contributed by atoms with Crippen LogP contribution in [-0.4, -0.2) is 13.4 Å². The van der Waals surface area contributed by atoms with Crippen molar-refractivity contribution < 1.29 is 8.42 Å². The van der Waals surface area contributed by atoms with Crippen molar-refractivity contribution in [1.29, 1.82) is 0 Å². The Morgan fingerprint density at radius 1 is 1.05 bits per heavy atom. The van der Waals surface area contributed by atoms with Gasteiger partial charge in [0.15, 0.2) is 5.15 Å². The van der Waals surface area contributed by atoms with Gasteiger partial charge in [0.2, 0.25) is 0 Å². The molecule has 0 atom stereocenters. The molecule has 2 aromatic rings. The number of nitrogens with one attached hydrogen (secondary N) is 1. The van der Waals surface area contributed by atoms with Crippen molar-refractivity contribution in [1.82, 2.24) is 4.98 Å². The number of anilines is 1. The second kappa shape index (κ2) is 5.48. The van der Waals surface area contributed by atoms with Gasteiger partial charge in [0, 0.05) is 5.69 Å².